The van der Waals surface area contributed by atoms with Crippen LogP contribution in [0.4, 0.5) is 0 Å². The number of benzene rings is 1. The lowest BCUT2D eigenvalue weighted by Gasteiger charge is -2.35. The van der Waals surface area contributed by atoms with Crippen molar-refractivity contribution in [2.24, 2.45) is 0 Å². The number of rotatable bonds is 4. The third-order valence-corrected chi connectivity index (χ3v) is 4.36. The molecule has 3 rings (SSSR count). The van der Waals surface area contributed by atoms with E-state index in [1.54, 1.807) is 11.0 Å². The second-order valence-electron chi connectivity index (χ2n) is 5.96. The Hall–Kier alpha value is -2.72. The minimum atomic E-state index is -0.322. The molecule has 7 nitrogen and oxygen atoms in total. The van der Waals surface area contributed by atoms with Gasteiger partial charge in [0.25, 0.3) is 0 Å². The Balaban J connectivity index is 1.52. The van der Waals surface area contributed by atoms with Crippen molar-refractivity contribution in [1.82, 2.24) is 24.6 Å². The fraction of sp³-hybridized carbons (Fsp3) is 0.412. The van der Waals surface area contributed by atoms with Crippen molar-refractivity contribution in [2.75, 3.05) is 26.2 Å². The van der Waals surface area contributed by atoms with Gasteiger partial charge in [-0.05, 0) is 24.6 Å². The smallest absolute Gasteiger partial charge is 0.247 e. The van der Waals surface area contributed by atoms with Crippen LogP contribution in [0.1, 0.15) is 24.1 Å². The molecule has 0 spiro atoms. The highest BCUT2D eigenvalue weighted by Crippen LogP contribution is 2.13. The van der Waals surface area contributed by atoms with Gasteiger partial charge in [-0.2, -0.15) is 10.4 Å². The standard InChI is InChI=1S/C17H20N6O/c1-14(23-13-19-12-20-23)17(24)22-8-6-21(7-9-22)11-16-4-2-15(10-18)3-5-16/h2-5,12-14H,6-9,11H2,1H3. The molecule has 1 fully saturated rings. The molecule has 0 bridgehead atoms. The first-order valence-corrected chi connectivity index (χ1v) is 8.01. The van der Waals surface area contributed by atoms with Gasteiger partial charge in [-0.15, -0.1) is 0 Å². The fourth-order valence-electron chi connectivity index (χ4n) is 2.86. The van der Waals surface area contributed by atoms with E-state index in [0.29, 0.717) is 18.7 Å². The van der Waals surface area contributed by atoms with Crippen molar-refractivity contribution in [2.45, 2.75) is 19.5 Å². The summed E-state index contributed by atoms with van der Waals surface area (Å²) in [6, 6.07) is 9.47. The van der Waals surface area contributed by atoms with Gasteiger partial charge < -0.3 is 4.90 Å². The first-order valence-electron chi connectivity index (χ1n) is 8.01. The van der Waals surface area contributed by atoms with E-state index >= 15 is 0 Å². The number of amides is 1. The average Bonchev–Trinajstić information content (AvgIpc) is 3.16. The minimum absolute atomic E-state index is 0.0820. The number of carbonyl (C=O) groups is 1. The molecule has 7 heteroatoms. The molecule has 1 atom stereocenters. The summed E-state index contributed by atoms with van der Waals surface area (Å²) in [6.45, 7) is 5.81. The fourth-order valence-corrected chi connectivity index (χ4v) is 2.86. The number of nitrogens with zero attached hydrogens (tertiary/aromatic N) is 6. The van der Waals surface area contributed by atoms with Crippen molar-refractivity contribution in [3.63, 3.8) is 0 Å². The molecule has 1 aliphatic rings. The van der Waals surface area contributed by atoms with Gasteiger partial charge in [-0.1, -0.05) is 12.1 Å². The summed E-state index contributed by atoms with van der Waals surface area (Å²) in [4.78, 5) is 20.6. The number of nitriles is 1. The highest BCUT2D eigenvalue weighted by molar-refractivity contribution is 5.80. The molecule has 2 heterocycles. The number of hydrogen-bond donors (Lipinski definition) is 0. The topological polar surface area (TPSA) is 78.0 Å². The van der Waals surface area contributed by atoms with E-state index in [9.17, 15) is 4.79 Å². The van der Waals surface area contributed by atoms with Crippen LogP contribution in [0.3, 0.4) is 0 Å². The lowest BCUT2D eigenvalue weighted by atomic mass is 10.1. The largest absolute Gasteiger partial charge is 0.338 e. The predicted molar refractivity (Wildman–Crippen MR) is 87.7 cm³/mol. The van der Waals surface area contributed by atoms with Gasteiger partial charge in [-0.25, -0.2) is 9.67 Å². The van der Waals surface area contributed by atoms with Crippen LogP contribution in [0, 0.1) is 11.3 Å². The van der Waals surface area contributed by atoms with Gasteiger partial charge in [0, 0.05) is 32.7 Å². The summed E-state index contributed by atoms with van der Waals surface area (Å²) in [6.07, 6.45) is 3.02. The van der Waals surface area contributed by atoms with Crippen molar-refractivity contribution < 1.29 is 4.79 Å². The maximum Gasteiger partial charge on any atom is 0.247 e. The van der Waals surface area contributed by atoms with Crippen LogP contribution >= 0.6 is 0 Å². The Morgan fingerprint density at radius 2 is 1.96 bits per heavy atom. The van der Waals surface area contributed by atoms with Crippen LogP contribution in [0.5, 0.6) is 0 Å². The molecule has 1 saturated heterocycles. The maximum atomic E-state index is 12.5. The Morgan fingerprint density at radius 1 is 1.25 bits per heavy atom. The number of aromatic nitrogens is 3. The number of carbonyl (C=O) groups excluding carboxylic acids is 1. The van der Waals surface area contributed by atoms with Crippen molar-refractivity contribution >= 4 is 5.91 Å². The Kier molecular flexibility index (Phi) is 4.87. The van der Waals surface area contributed by atoms with Crippen LogP contribution in [0.2, 0.25) is 0 Å². The van der Waals surface area contributed by atoms with Gasteiger partial charge in [0.05, 0.1) is 11.6 Å². The molecule has 24 heavy (non-hydrogen) atoms. The molecular weight excluding hydrogens is 304 g/mol. The molecule has 2 aromatic rings. The third-order valence-electron chi connectivity index (χ3n) is 4.36. The zero-order valence-electron chi connectivity index (χ0n) is 13.7. The van der Waals surface area contributed by atoms with E-state index in [1.807, 2.05) is 36.1 Å². The quantitative estimate of drug-likeness (QED) is 0.840. The van der Waals surface area contributed by atoms with Crippen LogP contribution in [0.15, 0.2) is 36.9 Å². The molecule has 1 aliphatic heterocycles. The predicted octanol–water partition coefficient (Wildman–Crippen LogP) is 1.06. The Morgan fingerprint density at radius 3 is 2.54 bits per heavy atom. The first-order chi connectivity index (χ1) is 11.7. The molecule has 0 N–H and O–H groups in total. The normalized spacial score (nSPS) is 16.6. The number of hydrogen-bond acceptors (Lipinski definition) is 5. The van der Waals surface area contributed by atoms with Crippen LogP contribution < -0.4 is 0 Å². The van der Waals surface area contributed by atoms with E-state index in [0.717, 1.165) is 19.6 Å². The molecule has 1 aromatic carbocycles. The van der Waals surface area contributed by atoms with Crippen molar-refractivity contribution in [1.29, 1.82) is 5.26 Å². The Labute approximate surface area is 141 Å². The van der Waals surface area contributed by atoms with Crippen LogP contribution in [-0.2, 0) is 11.3 Å². The summed E-state index contributed by atoms with van der Waals surface area (Å²) in [5.74, 6) is 0.0820. The summed E-state index contributed by atoms with van der Waals surface area (Å²) >= 11 is 0. The molecule has 0 radical (unpaired) electrons. The van der Waals surface area contributed by atoms with E-state index in [-0.39, 0.29) is 11.9 Å². The van der Waals surface area contributed by atoms with Gasteiger partial charge in [0.15, 0.2) is 0 Å². The molecule has 1 unspecified atom stereocenters. The highest BCUT2D eigenvalue weighted by Gasteiger charge is 2.26. The molecule has 0 aliphatic carbocycles. The van der Waals surface area contributed by atoms with E-state index in [1.165, 1.54) is 11.9 Å². The van der Waals surface area contributed by atoms with E-state index in [4.69, 9.17) is 5.26 Å². The van der Waals surface area contributed by atoms with Crippen molar-refractivity contribution in [3.8, 4) is 6.07 Å². The summed E-state index contributed by atoms with van der Waals surface area (Å²) < 4.78 is 1.59. The summed E-state index contributed by atoms with van der Waals surface area (Å²) in [7, 11) is 0. The lowest BCUT2D eigenvalue weighted by Crippen LogP contribution is -2.49. The molecule has 0 saturated carbocycles. The SMILES string of the molecule is CC(C(=O)N1CCN(Cc2ccc(C#N)cc2)CC1)n1cncn1. The lowest BCUT2D eigenvalue weighted by molar-refractivity contribution is -0.136. The molecule has 1 amide bonds. The maximum absolute atomic E-state index is 12.5. The second-order valence-corrected chi connectivity index (χ2v) is 5.96. The highest BCUT2D eigenvalue weighted by atomic mass is 16.2. The number of piperazine rings is 1. The van der Waals surface area contributed by atoms with E-state index in [2.05, 4.69) is 21.1 Å². The van der Waals surface area contributed by atoms with Gasteiger partial charge in [0.1, 0.15) is 18.7 Å². The molecular formula is C17H20N6O. The van der Waals surface area contributed by atoms with Gasteiger partial charge in [0.2, 0.25) is 5.91 Å². The minimum Gasteiger partial charge on any atom is -0.338 e. The summed E-state index contributed by atoms with van der Waals surface area (Å²) in [5.41, 5.74) is 1.86. The molecule has 124 valence electrons. The van der Waals surface area contributed by atoms with Gasteiger partial charge in [-0.3, -0.25) is 9.69 Å². The zero-order valence-corrected chi connectivity index (χ0v) is 13.7. The van der Waals surface area contributed by atoms with Crippen molar-refractivity contribution in [3.05, 3.63) is 48.0 Å². The van der Waals surface area contributed by atoms with E-state index < -0.39 is 0 Å². The van der Waals surface area contributed by atoms with Gasteiger partial charge >= 0.3 is 0 Å². The first kappa shape index (κ1) is 16.1. The monoisotopic (exact) mass is 324 g/mol. The van der Waals surface area contributed by atoms with Crippen LogP contribution in [0.25, 0.3) is 0 Å². The zero-order chi connectivity index (χ0) is 16.9. The molecule has 1 aromatic heterocycles. The summed E-state index contributed by atoms with van der Waals surface area (Å²) in [5, 5.41) is 12.9. The van der Waals surface area contributed by atoms with Crippen LogP contribution in [-0.4, -0.2) is 56.7 Å². The second kappa shape index (κ2) is 7.23. The average molecular weight is 324 g/mol. The Bertz CT molecular complexity index is 711. The third kappa shape index (κ3) is 3.60.